The van der Waals surface area contributed by atoms with E-state index in [0.717, 1.165) is 38.1 Å². The zero-order valence-electron chi connectivity index (χ0n) is 19.6. The van der Waals surface area contributed by atoms with Gasteiger partial charge in [-0.05, 0) is 49.2 Å². The summed E-state index contributed by atoms with van der Waals surface area (Å²) in [5.74, 6) is -0.0524. The van der Waals surface area contributed by atoms with E-state index >= 15 is 0 Å². The minimum Gasteiger partial charge on any atom is -0.383 e. The Labute approximate surface area is 216 Å². The second-order valence-electron chi connectivity index (χ2n) is 8.71. The summed E-state index contributed by atoms with van der Waals surface area (Å²) in [6, 6.07) is 11.8. The van der Waals surface area contributed by atoms with Crippen molar-refractivity contribution in [2.24, 2.45) is 0 Å². The van der Waals surface area contributed by atoms with Crippen molar-refractivity contribution in [1.29, 1.82) is 0 Å². The Morgan fingerprint density at radius 3 is 2.65 bits per heavy atom. The van der Waals surface area contributed by atoms with E-state index in [0.29, 0.717) is 39.2 Å². The third kappa shape index (κ3) is 5.52. The Morgan fingerprint density at radius 2 is 1.95 bits per heavy atom. The van der Waals surface area contributed by atoms with Gasteiger partial charge >= 0.3 is 6.18 Å². The molecule has 0 saturated carbocycles. The van der Waals surface area contributed by atoms with Crippen molar-refractivity contribution in [1.82, 2.24) is 30.4 Å². The second kappa shape index (κ2) is 10.7. The minimum absolute atomic E-state index is 0. The van der Waals surface area contributed by atoms with Gasteiger partial charge in [0.15, 0.2) is 5.65 Å². The van der Waals surface area contributed by atoms with Gasteiger partial charge in [0, 0.05) is 24.2 Å². The Morgan fingerprint density at radius 1 is 1.16 bits per heavy atom. The molecular weight excluding hydrogens is 507 g/mol. The fourth-order valence-corrected chi connectivity index (χ4v) is 4.40. The van der Waals surface area contributed by atoms with Gasteiger partial charge in [-0.25, -0.2) is 14.6 Å². The van der Waals surface area contributed by atoms with Gasteiger partial charge in [-0.2, -0.15) is 18.3 Å². The number of hydrogen-bond acceptors (Lipinski definition) is 6. The first-order valence-electron chi connectivity index (χ1n) is 11.6. The molecule has 1 aliphatic heterocycles. The van der Waals surface area contributed by atoms with Crippen LogP contribution in [0.25, 0.3) is 22.3 Å². The molecule has 1 aliphatic rings. The summed E-state index contributed by atoms with van der Waals surface area (Å²) in [6.07, 6.45) is -1.00. The Hall–Kier alpha value is -3.70. The molecule has 5 rings (SSSR count). The molecule has 4 N–H and O–H groups in total. The molecule has 1 atom stereocenters. The third-order valence-electron chi connectivity index (χ3n) is 6.27. The van der Waals surface area contributed by atoms with E-state index in [2.05, 4.69) is 20.6 Å². The van der Waals surface area contributed by atoms with E-state index in [9.17, 15) is 18.0 Å². The number of nitrogen functional groups attached to an aromatic ring is 1. The highest BCUT2D eigenvalue weighted by molar-refractivity contribution is 6.00. The highest BCUT2D eigenvalue weighted by atomic mass is 35.5. The summed E-state index contributed by atoms with van der Waals surface area (Å²) < 4.78 is 40.2. The van der Waals surface area contributed by atoms with Crippen LogP contribution in [0.3, 0.4) is 0 Å². The fraction of sp³-hybridized carbons (Fsp3) is 0.280. The number of nitrogens with zero attached hydrogens (tertiary/aromatic N) is 4. The number of aromatic nitrogens is 4. The van der Waals surface area contributed by atoms with E-state index in [1.807, 2.05) is 10.7 Å². The molecule has 2 aromatic carbocycles. The zero-order chi connectivity index (χ0) is 25.3. The molecular formula is C25H25ClF3N7O. The van der Waals surface area contributed by atoms with Crippen LogP contribution in [0.15, 0.2) is 54.9 Å². The molecule has 8 nitrogen and oxygen atoms in total. The number of halogens is 4. The molecule has 3 heterocycles. The van der Waals surface area contributed by atoms with E-state index in [-0.39, 0.29) is 30.9 Å². The smallest absolute Gasteiger partial charge is 0.383 e. The van der Waals surface area contributed by atoms with Gasteiger partial charge in [-0.15, -0.1) is 12.4 Å². The van der Waals surface area contributed by atoms with Crippen LogP contribution < -0.4 is 16.4 Å². The van der Waals surface area contributed by atoms with Crippen LogP contribution in [-0.4, -0.2) is 38.7 Å². The molecule has 0 spiro atoms. The summed E-state index contributed by atoms with van der Waals surface area (Å²) in [5, 5.41) is 11.6. The Kier molecular flexibility index (Phi) is 7.65. The maximum Gasteiger partial charge on any atom is 0.416 e. The number of amides is 1. The number of fused-ring (bicyclic) bond motifs is 1. The van der Waals surface area contributed by atoms with Gasteiger partial charge in [0.1, 0.15) is 17.8 Å². The van der Waals surface area contributed by atoms with Crippen LogP contribution in [0, 0.1) is 0 Å². The predicted molar refractivity (Wildman–Crippen MR) is 136 cm³/mol. The van der Waals surface area contributed by atoms with Crippen molar-refractivity contribution >= 4 is 35.2 Å². The number of anilines is 1. The molecule has 1 amide bonds. The molecule has 12 heteroatoms. The third-order valence-corrected chi connectivity index (χ3v) is 6.27. The quantitative estimate of drug-likeness (QED) is 0.353. The van der Waals surface area contributed by atoms with Crippen LogP contribution >= 0.6 is 12.4 Å². The minimum atomic E-state index is -4.40. The summed E-state index contributed by atoms with van der Waals surface area (Å²) >= 11 is 0. The lowest BCUT2D eigenvalue weighted by Crippen LogP contribution is -2.32. The van der Waals surface area contributed by atoms with Gasteiger partial charge in [0.05, 0.1) is 17.0 Å². The van der Waals surface area contributed by atoms with Crippen LogP contribution in [0.4, 0.5) is 19.0 Å². The first kappa shape index (κ1) is 26.4. The molecule has 1 saturated heterocycles. The number of rotatable bonds is 5. The lowest BCUT2D eigenvalue weighted by atomic mass is 10.1. The number of carbonyl (C=O) groups is 1. The van der Waals surface area contributed by atoms with Crippen LogP contribution in [0.2, 0.25) is 0 Å². The molecule has 37 heavy (non-hydrogen) atoms. The highest BCUT2D eigenvalue weighted by Gasteiger charge is 2.30. The van der Waals surface area contributed by atoms with Gasteiger partial charge in [0.2, 0.25) is 0 Å². The van der Waals surface area contributed by atoms with Gasteiger partial charge in [-0.3, -0.25) is 4.79 Å². The molecule has 4 aromatic rings. The number of benzene rings is 2. The van der Waals surface area contributed by atoms with Crippen molar-refractivity contribution in [2.75, 3.05) is 18.8 Å². The summed E-state index contributed by atoms with van der Waals surface area (Å²) in [5.41, 5.74) is 8.34. The number of nitrogens with one attached hydrogen (secondary N) is 2. The van der Waals surface area contributed by atoms with Crippen LogP contribution in [-0.2, 0) is 12.7 Å². The number of nitrogens with two attached hydrogens (primary N) is 1. The first-order chi connectivity index (χ1) is 17.3. The standard InChI is InChI=1S/C25H24F3N7O.ClH/c26-25(27,28)18-8-6-15(7-9-18)12-31-24(36)17-4-1-3-16(11-17)21-20-22(29)32-14-33-23(20)35(34-21)19-5-2-10-30-13-19;/h1,3-4,6-9,11,14,19,30H,2,5,10,12-13H2,(H,31,36)(H2,29,32,33);1H/t19-;/m1./s1. The van der Waals surface area contributed by atoms with E-state index in [4.69, 9.17) is 10.8 Å². The van der Waals surface area contributed by atoms with Crippen molar-refractivity contribution < 1.29 is 18.0 Å². The number of hydrogen-bond donors (Lipinski definition) is 3. The number of carbonyl (C=O) groups excluding carboxylic acids is 1. The SMILES string of the molecule is Cl.Nc1ncnc2c1c(-c1cccc(C(=O)NCc3ccc(C(F)(F)F)cc3)c1)nn2[C@@H]1CCCNC1. The van der Waals surface area contributed by atoms with Crippen molar-refractivity contribution in [2.45, 2.75) is 31.6 Å². The van der Waals surface area contributed by atoms with Crippen molar-refractivity contribution in [3.63, 3.8) is 0 Å². The topological polar surface area (TPSA) is 111 Å². The van der Waals surface area contributed by atoms with Crippen molar-refractivity contribution in [3.05, 3.63) is 71.5 Å². The maximum atomic E-state index is 12.8. The lowest BCUT2D eigenvalue weighted by molar-refractivity contribution is -0.137. The second-order valence-corrected chi connectivity index (χ2v) is 8.71. The van der Waals surface area contributed by atoms with Crippen LogP contribution in [0.1, 0.15) is 40.4 Å². The number of piperidine rings is 1. The monoisotopic (exact) mass is 531 g/mol. The lowest BCUT2D eigenvalue weighted by Gasteiger charge is -2.23. The molecule has 0 unspecified atom stereocenters. The molecule has 0 radical (unpaired) electrons. The van der Waals surface area contributed by atoms with Gasteiger partial charge in [0.25, 0.3) is 5.91 Å². The maximum absolute atomic E-state index is 12.8. The van der Waals surface area contributed by atoms with Crippen molar-refractivity contribution in [3.8, 4) is 11.3 Å². The number of alkyl halides is 3. The largest absolute Gasteiger partial charge is 0.416 e. The van der Waals surface area contributed by atoms with Crippen LogP contribution in [0.5, 0.6) is 0 Å². The Bertz CT molecular complexity index is 1400. The molecule has 0 bridgehead atoms. The summed E-state index contributed by atoms with van der Waals surface area (Å²) in [6.45, 7) is 1.82. The van der Waals surface area contributed by atoms with E-state index < -0.39 is 11.7 Å². The Balaban J connectivity index is 0.00000320. The van der Waals surface area contributed by atoms with Gasteiger partial charge < -0.3 is 16.4 Å². The average molecular weight is 532 g/mol. The summed E-state index contributed by atoms with van der Waals surface area (Å²) in [7, 11) is 0. The fourth-order valence-electron chi connectivity index (χ4n) is 4.40. The summed E-state index contributed by atoms with van der Waals surface area (Å²) in [4.78, 5) is 21.4. The average Bonchev–Trinajstić information content (AvgIpc) is 3.29. The first-order valence-corrected chi connectivity index (χ1v) is 11.6. The van der Waals surface area contributed by atoms with E-state index in [1.165, 1.54) is 18.5 Å². The highest BCUT2D eigenvalue weighted by Crippen LogP contribution is 2.33. The molecule has 1 fully saturated rings. The molecule has 194 valence electrons. The predicted octanol–water partition coefficient (Wildman–Crippen LogP) is 4.37. The van der Waals surface area contributed by atoms with E-state index in [1.54, 1.807) is 18.2 Å². The molecule has 0 aliphatic carbocycles. The zero-order valence-corrected chi connectivity index (χ0v) is 20.4. The molecule has 2 aromatic heterocycles. The van der Waals surface area contributed by atoms with Gasteiger partial charge in [-0.1, -0.05) is 24.3 Å². The normalized spacial score (nSPS) is 15.8.